The molecule has 3 heteroatoms. The second kappa shape index (κ2) is 7.77. The third-order valence-corrected chi connectivity index (χ3v) is 7.46. The van der Waals surface area contributed by atoms with Crippen molar-refractivity contribution in [1.29, 1.82) is 0 Å². The Labute approximate surface area is 132 Å². The second-order valence-electron chi connectivity index (χ2n) is 5.76. The Hall–Kier alpha value is -0.120. The number of thioether (sulfide) groups is 2. The Morgan fingerprint density at radius 3 is 2.75 bits per heavy atom. The lowest BCUT2D eigenvalue weighted by molar-refractivity contribution is 0.527. The predicted octanol–water partition coefficient (Wildman–Crippen LogP) is 4.66. The zero-order chi connectivity index (χ0) is 14.5. The Bertz CT molecular complexity index is 421. The first-order chi connectivity index (χ1) is 9.61. The van der Waals surface area contributed by atoms with E-state index in [4.69, 9.17) is 0 Å². The fraction of sp³-hybridized carbons (Fsp3) is 0.647. The minimum absolute atomic E-state index is 0.488. The van der Waals surface area contributed by atoms with E-state index < -0.39 is 0 Å². The first kappa shape index (κ1) is 16.3. The summed E-state index contributed by atoms with van der Waals surface area (Å²) in [4.78, 5) is 0. The Morgan fingerprint density at radius 1 is 1.30 bits per heavy atom. The summed E-state index contributed by atoms with van der Waals surface area (Å²) >= 11 is 4.30. The Balaban J connectivity index is 2.15. The Kier molecular flexibility index (Phi) is 6.31. The molecule has 0 aromatic heterocycles. The topological polar surface area (TPSA) is 12.0 Å². The smallest absolute Gasteiger partial charge is 0.0448 e. The molecule has 1 N–H and O–H groups in total. The number of hydrogen-bond acceptors (Lipinski definition) is 3. The molecule has 0 saturated carbocycles. The largest absolute Gasteiger partial charge is 0.309 e. The lowest BCUT2D eigenvalue weighted by Crippen LogP contribution is -2.37. The van der Waals surface area contributed by atoms with Crippen molar-refractivity contribution in [3.8, 4) is 0 Å². The van der Waals surface area contributed by atoms with Crippen LogP contribution in [0.1, 0.15) is 44.4 Å². The summed E-state index contributed by atoms with van der Waals surface area (Å²) in [5.74, 6) is 1.26. The summed E-state index contributed by atoms with van der Waals surface area (Å²) in [6, 6.07) is 9.50. The highest BCUT2D eigenvalue weighted by Crippen LogP contribution is 2.41. The maximum absolute atomic E-state index is 3.78. The monoisotopic (exact) mass is 309 g/mol. The molecular formula is C17H27NS2. The molecule has 1 heterocycles. The molecular weight excluding hydrogens is 282 g/mol. The summed E-state index contributed by atoms with van der Waals surface area (Å²) in [6.07, 6.45) is 1.19. The molecule has 0 bridgehead atoms. The van der Waals surface area contributed by atoms with Gasteiger partial charge in [-0.05, 0) is 25.5 Å². The van der Waals surface area contributed by atoms with Crippen LogP contribution in [-0.2, 0) is 0 Å². The van der Waals surface area contributed by atoms with Crippen LogP contribution < -0.4 is 5.32 Å². The molecule has 1 saturated heterocycles. The maximum atomic E-state index is 3.78. The molecule has 4 unspecified atom stereocenters. The summed E-state index contributed by atoms with van der Waals surface area (Å²) < 4.78 is 0. The summed E-state index contributed by atoms with van der Waals surface area (Å²) in [7, 11) is 0. The number of nitrogens with one attached hydrogen (secondary N) is 1. The van der Waals surface area contributed by atoms with Gasteiger partial charge >= 0.3 is 0 Å². The molecule has 0 radical (unpaired) electrons. The first-order valence-electron chi connectivity index (χ1n) is 7.68. The van der Waals surface area contributed by atoms with Crippen LogP contribution in [0.4, 0.5) is 0 Å². The normalized spacial score (nSPS) is 28.3. The molecule has 112 valence electrons. The van der Waals surface area contributed by atoms with E-state index in [-0.39, 0.29) is 0 Å². The van der Waals surface area contributed by atoms with Crippen LogP contribution in [0.2, 0.25) is 0 Å². The molecule has 2 rings (SSSR count). The Morgan fingerprint density at radius 2 is 2.10 bits per heavy atom. The minimum atomic E-state index is 0.488. The number of hydrogen-bond donors (Lipinski definition) is 1. The fourth-order valence-electron chi connectivity index (χ4n) is 2.61. The van der Waals surface area contributed by atoms with Crippen LogP contribution in [0, 0.1) is 6.92 Å². The van der Waals surface area contributed by atoms with Gasteiger partial charge in [-0.2, -0.15) is 23.5 Å². The SMILES string of the molecule is CCCNC(c1cccc(C)c1)C1CSC(C)C(C)S1. The predicted molar refractivity (Wildman–Crippen MR) is 95.0 cm³/mol. The molecule has 0 aliphatic carbocycles. The van der Waals surface area contributed by atoms with Gasteiger partial charge in [0.05, 0.1) is 0 Å². The van der Waals surface area contributed by atoms with E-state index in [9.17, 15) is 0 Å². The molecule has 0 spiro atoms. The number of aryl methyl sites for hydroxylation is 1. The van der Waals surface area contributed by atoms with E-state index in [2.05, 4.69) is 80.8 Å². The standard InChI is InChI=1S/C17H27NS2/c1-5-9-18-17(15-8-6-7-12(2)10-15)16-11-19-13(3)14(4)20-16/h6-8,10,13-14,16-18H,5,9,11H2,1-4H3. The van der Waals surface area contributed by atoms with E-state index in [1.165, 1.54) is 23.3 Å². The van der Waals surface area contributed by atoms with Gasteiger partial charge in [0.1, 0.15) is 0 Å². The van der Waals surface area contributed by atoms with E-state index in [0.717, 1.165) is 17.0 Å². The average molecular weight is 310 g/mol. The van der Waals surface area contributed by atoms with Gasteiger partial charge in [-0.15, -0.1) is 0 Å². The lowest BCUT2D eigenvalue weighted by atomic mass is 10.0. The minimum Gasteiger partial charge on any atom is -0.309 e. The van der Waals surface area contributed by atoms with Crippen LogP contribution >= 0.6 is 23.5 Å². The van der Waals surface area contributed by atoms with Crippen LogP contribution in [0.25, 0.3) is 0 Å². The van der Waals surface area contributed by atoms with Gasteiger partial charge in [-0.3, -0.25) is 0 Å². The van der Waals surface area contributed by atoms with E-state index in [1.54, 1.807) is 0 Å². The van der Waals surface area contributed by atoms with Gasteiger partial charge in [-0.1, -0.05) is 50.6 Å². The molecule has 20 heavy (non-hydrogen) atoms. The van der Waals surface area contributed by atoms with E-state index in [1.807, 2.05) is 0 Å². The van der Waals surface area contributed by atoms with Gasteiger partial charge in [0.15, 0.2) is 0 Å². The highest BCUT2D eigenvalue weighted by molar-refractivity contribution is 8.07. The first-order valence-corrected chi connectivity index (χ1v) is 9.68. The van der Waals surface area contributed by atoms with Gasteiger partial charge in [-0.25, -0.2) is 0 Å². The highest BCUT2D eigenvalue weighted by atomic mass is 32.2. The quantitative estimate of drug-likeness (QED) is 0.849. The summed E-state index contributed by atoms with van der Waals surface area (Å²) in [5, 5.41) is 5.99. The van der Waals surface area contributed by atoms with Crippen LogP contribution in [0.15, 0.2) is 24.3 Å². The number of benzene rings is 1. The zero-order valence-electron chi connectivity index (χ0n) is 13.1. The number of rotatable bonds is 5. The summed E-state index contributed by atoms with van der Waals surface area (Å²) in [6.45, 7) is 10.3. The maximum Gasteiger partial charge on any atom is 0.0448 e. The lowest BCUT2D eigenvalue weighted by Gasteiger charge is -2.36. The molecule has 0 amide bonds. The van der Waals surface area contributed by atoms with Crippen molar-refractivity contribution in [2.24, 2.45) is 0 Å². The van der Waals surface area contributed by atoms with Crippen molar-refractivity contribution in [2.45, 2.75) is 55.9 Å². The zero-order valence-corrected chi connectivity index (χ0v) is 14.7. The molecule has 1 aliphatic rings. The third-order valence-electron chi connectivity index (χ3n) is 3.96. The van der Waals surface area contributed by atoms with Crippen LogP contribution in [0.3, 0.4) is 0 Å². The van der Waals surface area contributed by atoms with Crippen molar-refractivity contribution >= 4 is 23.5 Å². The second-order valence-corrected chi connectivity index (χ2v) is 8.80. The molecule has 1 aromatic rings. The average Bonchev–Trinajstić information content (AvgIpc) is 2.43. The van der Waals surface area contributed by atoms with Crippen molar-refractivity contribution < 1.29 is 0 Å². The van der Waals surface area contributed by atoms with Crippen molar-refractivity contribution in [2.75, 3.05) is 12.3 Å². The van der Waals surface area contributed by atoms with Gasteiger partial charge in [0.25, 0.3) is 0 Å². The van der Waals surface area contributed by atoms with Gasteiger partial charge in [0.2, 0.25) is 0 Å². The van der Waals surface area contributed by atoms with Crippen molar-refractivity contribution in [3.05, 3.63) is 35.4 Å². The molecule has 1 aliphatic heterocycles. The molecule has 4 atom stereocenters. The summed E-state index contributed by atoms with van der Waals surface area (Å²) in [5.41, 5.74) is 2.82. The van der Waals surface area contributed by atoms with Crippen LogP contribution in [-0.4, -0.2) is 28.0 Å². The van der Waals surface area contributed by atoms with Gasteiger partial charge < -0.3 is 5.32 Å². The molecule has 1 nitrogen and oxygen atoms in total. The highest BCUT2D eigenvalue weighted by Gasteiger charge is 2.31. The van der Waals surface area contributed by atoms with E-state index >= 15 is 0 Å². The fourth-order valence-corrected chi connectivity index (χ4v) is 5.73. The van der Waals surface area contributed by atoms with E-state index in [0.29, 0.717) is 11.3 Å². The van der Waals surface area contributed by atoms with Crippen molar-refractivity contribution in [1.82, 2.24) is 5.32 Å². The third kappa shape index (κ3) is 4.19. The van der Waals surface area contributed by atoms with Crippen LogP contribution in [0.5, 0.6) is 0 Å². The van der Waals surface area contributed by atoms with Crippen molar-refractivity contribution in [3.63, 3.8) is 0 Å². The van der Waals surface area contributed by atoms with Gasteiger partial charge in [0, 0.05) is 27.5 Å². The molecule has 1 aromatic carbocycles. The molecule has 1 fully saturated rings.